The highest BCUT2D eigenvalue weighted by molar-refractivity contribution is 14.0. The first-order valence-electron chi connectivity index (χ1n) is 8.77. The van der Waals surface area contributed by atoms with Crippen molar-refractivity contribution in [1.82, 2.24) is 15.1 Å². The highest BCUT2D eigenvalue weighted by Crippen LogP contribution is 2.40. The summed E-state index contributed by atoms with van der Waals surface area (Å²) in [5.41, 5.74) is 1.45. The Morgan fingerprint density at radius 2 is 1.92 bits per heavy atom. The van der Waals surface area contributed by atoms with E-state index in [9.17, 15) is 0 Å². The Morgan fingerprint density at radius 3 is 2.62 bits per heavy atom. The average Bonchev–Trinajstić information content (AvgIpc) is 2.99. The molecule has 0 aromatic heterocycles. The first kappa shape index (κ1) is 17.7. The van der Waals surface area contributed by atoms with Crippen molar-refractivity contribution in [2.45, 2.75) is 30.8 Å². The Balaban J connectivity index is 0.00000169. The molecule has 0 spiro atoms. The predicted octanol–water partition coefficient (Wildman–Crippen LogP) is 2.68. The van der Waals surface area contributed by atoms with Crippen molar-refractivity contribution >= 4 is 29.9 Å². The molecule has 4 rings (SSSR count). The number of nitrogens with zero attached hydrogens (tertiary/aromatic N) is 3. The van der Waals surface area contributed by atoms with Gasteiger partial charge < -0.3 is 10.2 Å². The van der Waals surface area contributed by atoms with E-state index in [-0.39, 0.29) is 24.0 Å². The van der Waals surface area contributed by atoms with Gasteiger partial charge in [-0.15, -0.1) is 24.0 Å². The molecule has 0 radical (unpaired) electrons. The van der Waals surface area contributed by atoms with Gasteiger partial charge in [0, 0.05) is 51.2 Å². The largest absolute Gasteiger partial charge is 0.353 e. The molecule has 2 heterocycles. The number of aliphatic imine (C=N–C) groups is 1. The molecule has 1 aliphatic carbocycles. The van der Waals surface area contributed by atoms with E-state index in [2.05, 4.69) is 62.6 Å². The zero-order chi connectivity index (χ0) is 15.6. The molecule has 2 aliphatic heterocycles. The number of benzene rings is 1. The van der Waals surface area contributed by atoms with E-state index in [0.29, 0.717) is 18.0 Å². The van der Waals surface area contributed by atoms with Crippen LogP contribution in [0.2, 0.25) is 0 Å². The van der Waals surface area contributed by atoms with Crippen molar-refractivity contribution in [3.63, 3.8) is 0 Å². The van der Waals surface area contributed by atoms with Gasteiger partial charge in [0.2, 0.25) is 0 Å². The zero-order valence-electron chi connectivity index (χ0n) is 14.3. The maximum Gasteiger partial charge on any atom is 0.193 e. The molecule has 0 amide bonds. The van der Waals surface area contributed by atoms with Gasteiger partial charge in [0.25, 0.3) is 0 Å². The minimum atomic E-state index is 0. The molecule has 24 heavy (non-hydrogen) atoms. The second-order valence-electron chi connectivity index (χ2n) is 6.86. The Hall–Kier alpha value is -1.08. The summed E-state index contributed by atoms with van der Waals surface area (Å²) in [7, 11) is 1.91. The van der Waals surface area contributed by atoms with Gasteiger partial charge in [0.1, 0.15) is 0 Å². The van der Waals surface area contributed by atoms with Gasteiger partial charge in [0.15, 0.2) is 5.96 Å². The molecule has 3 atom stereocenters. The van der Waals surface area contributed by atoms with Crippen LogP contribution in [0.5, 0.6) is 0 Å². The van der Waals surface area contributed by atoms with Gasteiger partial charge in [0.05, 0.1) is 0 Å². The Kier molecular flexibility index (Phi) is 5.81. The minimum Gasteiger partial charge on any atom is -0.353 e. The molecule has 1 N–H and O–H groups in total. The minimum absolute atomic E-state index is 0. The monoisotopic (exact) mass is 438 g/mol. The third-order valence-corrected chi connectivity index (χ3v) is 5.37. The van der Waals surface area contributed by atoms with Gasteiger partial charge in [-0.1, -0.05) is 42.5 Å². The fourth-order valence-corrected chi connectivity index (χ4v) is 3.91. The molecule has 3 unspecified atom stereocenters. The molecule has 1 aromatic carbocycles. The number of hydrogen-bond donors (Lipinski definition) is 1. The van der Waals surface area contributed by atoms with Crippen molar-refractivity contribution in [1.29, 1.82) is 0 Å². The van der Waals surface area contributed by atoms with E-state index in [1.165, 1.54) is 18.4 Å². The van der Waals surface area contributed by atoms with Crippen molar-refractivity contribution in [3.8, 4) is 0 Å². The lowest BCUT2D eigenvalue weighted by atomic mass is 10.1. The van der Waals surface area contributed by atoms with Crippen LogP contribution in [0.15, 0.2) is 47.5 Å². The third-order valence-electron chi connectivity index (χ3n) is 5.37. The quantitative estimate of drug-likeness (QED) is 0.341. The number of hydrogen-bond acceptors (Lipinski definition) is 2. The lowest BCUT2D eigenvalue weighted by Gasteiger charge is -2.25. The molecule has 1 saturated carbocycles. The van der Waals surface area contributed by atoms with Crippen LogP contribution in [0.1, 0.15) is 24.3 Å². The summed E-state index contributed by atoms with van der Waals surface area (Å²) >= 11 is 0. The van der Waals surface area contributed by atoms with E-state index in [0.717, 1.165) is 32.1 Å². The number of halogens is 1. The van der Waals surface area contributed by atoms with Gasteiger partial charge in [-0.2, -0.15) is 0 Å². The standard InChI is InChI=1S/C19H26N4.HI/c1-20-19(21-18-13-17(18)15-7-3-2-4-8-15)23-12-9-16(14-23)22-10-5-6-11-22;/h2-8,16-18H,9-14H2,1H3,(H,20,21);1H. The number of rotatable bonds is 3. The lowest BCUT2D eigenvalue weighted by Crippen LogP contribution is -2.43. The summed E-state index contributed by atoms with van der Waals surface area (Å²) < 4.78 is 0. The summed E-state index contributed by atoms with van der Waals surface area (Å²) in [4.78, 5) is 9.54. The van der Waals surface area contributed by atoms with Crippen molar-refractivity contribution in [2.75, 3.05) is 33.2 Å². The average molecular weight is 438 g/mol. The Labute approximate surface area is 162 Å². The smallest absolute Gasteiger partial charge is 0.193 e. The van der Waals surface area contributed by atoms with Crippen LogP contribution in [-0.2, 0) is 0 Å². The van der Waals surface area contributed by atoms with E-state index < -0.39 is 0 Å². The van der Waals surface area contributed by atoms with Crippen molar-refractivity contribution in [2.24, 2.45) is 4.99 Å². The first-order chi connectivity index (χ1) is 11.3. The van der Waals surface area contributed by atoms with Crippen LogP contribution in [0.25, 0.3) is 0 Å². The van der Waals surface area contributed by atoms with Crippen LogP contribution in [0.4, 0.5) is 0 Å². The maximum absolute atomic E-state index is 4.54. The number of nitrogens with one attached hydrogen (secondary N) is 1. The fourth-order valence-electron chi connectivity index (χ4n) is 3.91. The van der Waals surface area contributed by atoms with E-state index in [1.54, 1.807) is 0 Å². The van der Waals surface area contributed by atoms with Crippen LogP contribution in [-0.4, -0.2) is 61.1 Å². The number of likely N-dealkylation sites (tertiary alicyclic amines) is 1. The Bertz CT molecular complexity index is 593. The summed E-state index contributed by atoms with van der Waals surface area (Å²) in [6, 6.07) is 12.0. The second-order valence-corrected chi connectivity index (χ2v) is 6.86. The highest BCUT2D eigenvalue weighted by Gasteiger charge is 2.40. The molecule has 2 fully saturated rings. The summed E-state index contributed by atoms with van der Waals surface area (Å²) in [5, 5.41) is 3.68. The molecule has 5 heteroatoms. The van der Waals surface area contributed by atoms with Crippen LogP contribution in [0.3, 0.4) is 0 Å². The molecule has 3 aliphatic rings. The molecule has 1 aromatic rings. The van der Waals surface area contributed by atoms with Crippen LogP contribution < -0.4 is 5.32 Å². The normalized spacial score (nSPS) is 29.6. The fraction of sp³-hybridized carbons (Fsp3) is 0.526. The topological polar surface area (TPSA) is 30.9 Å². The van der Waals surface area contributed by atoms with Gasteiger partial charge in [-0.3, -0.25) is 9.89 Å². The van der Waals surface area contributed by atoms with Crippen molar-refractivity contribution < 1.29 is 0 Å². The van der Waals surface area contributed by atoms with Crippen molar-refractivity contribution in [3.05, 3.63) is 48.0 Å². The maximum atomic E-state index is 4.54. The molecule has 0 bridgehead atoms. The molecular formula is C19H27IN4. The molecule has 130 valence electrons. The van der Waals surface area contributed by atoms with Crippen LogP contribution in [0, 0.1) is 0 Å². The Morgan fingerprint density at radius 1 is 1.17 bits per heavy atom. The van der Waals surface area contributed by atoms with Gasteiger partial charge >= 0.3 is 0 Å². The zero-order valence-corrected chi connectivity index (χ0v) is 16.6. The summed E-state index contributed by atoms with van der Waals surface area (Å²) in [6.45, 7) is 4.44. The third kappa shape index (κ3) is 3.77. The predicted molar refractivity (Wildman–Crippen MR) is 110 cm³/mol. The highest BCUT2D eigenvalue weighted by atomic mass is 127. The van der Waals surface area contributed by atoms with E-state index >= 15 is 0 Å². The second kappa shape index (κ2) is 7.87. The molecular weight excluding hydrogens is 411 g/mol. The summed E-state index contributed by atoms with van der Waals surface area (Å²) in [5.74, 6) is 1.73. The van der Waals surface area contributed by atoms with Crippen LogP contribution >= 0.6 is 24.0 Å². The molecule has 4 nitrogen and oxygen atoms in total. The first-order valence-corrected chi connectivity index (χ1v) is 8.77. The lowest BCUT2D eigenvalue weighted by molar-refractivity contribution is 0.259. The van der Waals surface area contributed by atoms with E-state index in [1.807, 2.05) is 7.05 Å². The van der Waals surface area contributed by atoms with Gasteiger partial charge in [-0.05, 0) is 18.4 Å². The van der Waals surface area contributed by atoms with Gasteiger partial charge in [-0.25, -0.2) is 0 Å². The summed E-state index contributed by atoms with van der Waals surface area (Å²) in [6.07, 6.45) is 7.03. The number of guanidine groups is 1. The molecule has 1 saturated heterocycles. The SMILES string of the molecule is CN=C(NC1CC1c1ccccc1)N1CCC(N2CC=CC2)C1.I. The van der Waals surface area contributed by atoms with E-state index in [4.69, 9.17) is 0 Å².